The lowest BCUT2D eigenvalue weighted by Gasteiger charge is -2.05. The van der Waals surface area contributed by atoms with E-state index in [-0.39, 0.29) is 5.30 Å². The van der Waals surface area contributed by atoms with Crippen molar-refractivity contribution in [2.75, 3.05) is 12.4 Å². The number of carboxylic acids is 1. The summed E-state index contributed by atoms with van der Waals surface area (Å²) in [4.78, 5) is 22.0. The van der Waals surface area contributed by atoms with E-state index in [1.165, 1.54) is 75.0 Å². The van der Waals surface area contributed by atoms with Crippen LogP contribution in [0.1, 0.15) is 116 Å². The molecule has 0 amide bonds. The Bertz CT molecular complexity index is 364. The van der Waals surface area contributed by atoms with Crippen LogP contribution in [-0.2, 0) is 9.53 Å². The van der Waals surface area contributed by atoms with E-state index in [0.717, 1.165) is 44.3 Å². The largest absolute Gasteiger partial charge is 0.481 e. The highest BCUT2D eigenvalue weighted by molar-refractivity contribution is 8.82. The molecule has 0 aromatic carbocycles. The van der Waals surface area contributed by atoms with Crippen molar-refractivity contribution < 1.29 is 19.4 Å². The fraction of sp³-hybridized carbons (Fsp3) is 0.909. The zero-order chi connectivity index (χ0) is 20.7. The van der Waals surface area contributed by atoms with Crippen LogP contribution >= 0.6 is 21.6 Å². The number of ether oxygens (including phenoxy) is 1. The molecule has 0 bridgehead atoms. The zero-order valence-corrected chi connectivity index (χ0v) is 19.6. The summed E-state index contributed by atoms with van der Waals surface area (Å²) in [6.45, 7) is 2.78. The molecule has 0 heterocycles. The Morgan fingerprint density at radius 3 is 1.79 bits per heavy atom. The molecule has 0 aliphatic rings. The number of carboxylic acid groups (broad SMARTS) is 1. The molecule has 0 saturated carbocycles. The van der Waals surface area contributed by atoms with E-state index >= 15 is 0 Å². The SMILES string of the molecule is CCCCCCCCCCSSC(=O)OCCCCCCCCCCC(=O)O. The van der Waals surface area contributed by atoms with Crippen molar-refractivity contribution in [2.45, 2.75) is 116 Å². The van der Waals surface area contributed by atoms with Crippen LogP contribution in [0.2, 0.25) is 0 Å². The number of hydrogen-bond acceptors (Lipinski definition) is 5. The molecule has 0 fully saturated rings. The number of aliphatic carboxylic acids is 1. The first-order valence-electron chi connectivity index (χ1n) is 11.3. The molecule has 0 spiro atoms. The van der Waals surface area contributed by atoms with Crippen molar-refractivity contribution in [1.29, 1.82) is 0 Å². The Balaban J connectivity index is 3.16. The standard InChI is InChI=1S/C22H42O4S2/c1-2-3-4-5-6-11-14-17-20-27-28-22(25)26-19-16-13-10-8-7-9-12-15-18-21(23)24/h2-20H2,1H3,(H,23,24). The number of carbonyl (C=O) groups is 2. The average Bonchev–Trinajstić information content (AvgIpc) is 2.67. The molecule has 0 aliphatic carbocycles. The fourth-order valence-electron chi connectivity index (χ4n) is 3.00. The fourth-order valence-corrected chi connectivity index (χ4v) is 4.67. The van der Waals surface area contributed by atoms with E-state index in [4.69, 9.17) is 9.84 Å². The van der Waals surface area contributed by atoms with Crippen molar-refractivity contribution in [2.24, 2.45) is 0 Å². The predicted octanol–water partition coefficient (Wildman–Crippen LogP) is 8.24. The molecule has 0 aromatic heterocycles. The third-order valence-corrected chi connectivity index (χ3v) is 6.80. The normalized spacial score (nSPS) is 10.9. The summed E-state index contributed by atoms with van der Waals surface area (Å²) in [6, 6.07) is 0. The van der Waals surface area contributed by atoms with Gasteiger partial charge < -0.3 is 9.84 Å². The van der Waals surface area contributed by atoms with Crippen LogP contribution in [-0.4, -0.2) is 28.7 Å². The van der Waals surface area contributed by atoms with E-state index in [9.17, 15) is 9.59 Å². The van der Waals surface area contributed by atoms with Gasteiger partial charge in [-0.25, -0.2) is 4.79 Å². The van der Waals surface area contributed by atoms with E-state index in [2.05, 4.69) is 6.92 Å². The molecule has 0 unspecified atom stereocenters. The summed E-state index contributed by atoms with van der Waals surface area (Å²) in [5.41, 5.74) is 0. The Morgan fingerprint density at radius 2 is 1.21 bits per heavy atom. The zero-order valence-electron chi connectivity index (χ0n) is 17.9. The minimum atomic E-state index is -0.695. The Labute approximate surface area is 180 Å². The highest BCUT2D eigenvalue weighted by atomic mass is 33.1. The van der Waals surface area contributed by atoms with Gasteiger partial charge in [0.15, 0.2) is 0 Å². The van der Waals surface area contributed by atoms with Crippen molar-refractivity contribution >= 4 is 32.9 Å². The quantitative estimate of drug-likeness (QED) is 0.111. The third kappa shape index (κ3) is 23.7. The van der Waals surface area contributed by atoms with Crippen molar-refractivity contribution in [3.8, 4) is 0 Å². The molecular formula is C22H42O4S2. The monoisotopic (exact) mass is 434 g/mol. The maximum absolute atomic E-state index is 11.6. The van der Waals surface area contributed by atoms with Crippen molar-refractivity contribution in [3.63, 3.8) is 0 Å². The van der Waals surface area contributed by atoms with Crippen LogP contribution in [0.5, 0.6) is 0 Å². The first-order valence-corrected chi connectivity index (χ1v) is 13.7. The number of hydrogen-bond donors (Lipinski definition) is 1. The number of carbonyl (C=O) groups excluding carboxylic acids is 1. The van der Waals surface area contributed by atoms with Crippen LogP contribution in [0.25, 0.3) is 0 Å². The molecule has 28 heavy (non-hydrogen) atoms. The smallest absolute Gasteiger partial charge is 0.378 e. The minimum absolute atomic E-state index is 0.150. The van der Waals surface area contributed by atoms with Crippen LogP contribution in [0.4, 0.5) is 4.79 Å². The van der Waals surface area contributed by atoms with Gasteiger partial charge in [-0.1, -0.05) is 101 Å². The summed E-state index contributed by atoms with van der Waals surface area (Å²) in [7, 11) is 2.87. The van der Waals surface area contributed by atoms with Gasteiger partial charge >= 0.3 is 11.3 Å². The first-order chi connectivity index (χ1) is 13.7. The van der Waals surface area contributed by atoms with Gasteiger partial charge in [-0.3, -0.25) is 4.79 Å². The van der Waals surface area contributed by atoms with Crippen LogP contribution in [0.15, 0.2) is 0 Å². The highest BCUT2D eigenvalue weighted by Crippen LogP contribution is 2.25. The lowest BCUT2D eigenvalue weighted by Crippen LogP contribution is -1.98. The van der Waals surface area contributed by atoms with Gasteiger partial charge in [0, 0.05) is 23.0 Å². The van der Waals surface area contributed by atoms with E-state index in [1.54, 1.807) is 10.8 Å². The molecule has 4 nitrogen and oxygen atoms in total. The van der Waals surface area contributed by atoms with Crippen LogP contribution in [0, 0.1) is 0 Å². The van der Waals surface area contributed by atoms with Gasteiger partial charge in [-0.15, -0.1) is 0 Å². The second kappa shape index (κ2) is 22.9. The van der Waals surface area contributed by atoms with Crippen molar-refractivity contribution in [1.82, 2.24) is 0 Å². The Kier molecular flexibility index (Phi) is 22.6. The molecule has 1 N–H and O–H groups in total. The van der Waals surface area contributed by atoms with Crippen LogP contribution in [0.3, 0.4) is 0 Å². The molecule has 6 heteroatoms. The summed E-state index contributed by atoms with van der Waals surface area (Å²) in [5, 5.41) is 8.41. The maximum Gasteiger partial charge on any atom is 0.378 e. The topological polar surface area (TPSA) is 63.6 Å². The predicted molar refractivity (Wildman–Crippen MR) is 123 cm³/mol. The van der Waals surface area contributed by atoms with Gasteiger partial charge in [0.1, 0.15) is 0 Å². The van der Waals surface area contributed by atoms with Gasteiger partial charge in [0.2, 0.25) is 0 Å². The first kappa shape index (κ1) is 27.6. The highest BCUT2D eigenvalue weighted by Gasteiger charge is 2.04. The summed E-state index contributed by atoms with van der Waals surface area (Å²) in [6.07, 6.45) is 19.3. The molecule has 0 atom stereocenters. The molecule has 0 radical (unpaired) electrons. The lowest BCUT2D eigenvalue weighted by molar-refractivity contribution is -0.137. The lowest BCUT2D eigenvalue weighted by atomic mass is 10.1. The summed E-state index contributed by atoms with van der Waals surface area (Å²) in [5.74, 6) is 0.334. The van der Waals surface area contributed by atoms with Crippen molar-refractivity contribution in [3.05, 3.63) is 0 Å². The van der Waals surface area contributed by atoms with Gasteiger partial charge in [0.25, 0.3) is 0 Å². The summed E-state index contributed by atoms with van der Waals surface area (Å²) >= 11 is 0. The summed E-state index contributed by atoms with van der Waals surface area (Å²) < 4.78 is 5.25. The number of rotatable bonds is 21. The molecule has 166 valence electrons. The molecule has 0 saturated heterocycles. The van der Waals surface area contributed by atoms with E-state index in [1.807, 2.05) is 0 Å². The van der Waals surface area contributed by atoms with E-state index in [0.29, 0.717) is 13.0 Å². The molecule has 0 rings (SSSR count). The Morgan fingerprint density at radius 1 is 0.714 bits per heavy atom. The van der Waals surface area contributed by atoms with Gasteiger partial charge in [-0.05, 0) is 19.3 Å². The number of unbranched alkanes of at least 4 members (excludes halogenated alkanes) is 14. The molecular weight excluding hydrogens is 392 g/mol. The second-order valence-corrected chi connectivity index (χ2v) is 9.80. The molecule has 0 aliphatic heterocycles. The average molecular weight is 435 g/mol. The van der Waals surface area contributed by atoms with Gasteiger partial charge in [-0.2, -0.15) is 0 Å². The van der Waals surface area contributed by atoms with Gasteiger partial charge in [0.05, 0.1) is 6.61 Å². The minimum Gasteiger partial charge on any atom is -0.481 e. The Hall–Kier alpha value is -0.360. The van der Waals surface area contributed by atoms with E-state index < -0.39 is 5.97 Å². The third-order valence-electron chi connectivity index (χ3n) is 4.71. The molecule has 0 aromatic rings. The maximum atomic E-state index is 11.6. The van der Waals surface area contributed by atoms with Crippen LogP contribution < -0.4 is 0 Å². The second-order valence-electron chi connectivity index (χ2n) is 7.45.